The Morgan fingerprint density at radius 3 is 2.61 bits per heavy atom. The van der Waals surface area contributed by atoms with Crippen molar-refractivity contribution in [3.8, 4) is 6.07 Å². The quantitative estimate of drug-likeness (QED) is 0.623. The molecule has 1 aliphatic carbocycles. The average molecular weight is 384 g/mol. The van der Waals surface area contributed by atoms with Gasteiger partial charge in [0.15, 0.2) is 0 Å². The average Bonchev–Trinajstić information content (AvgIpc) is 2.71. The highest BCUT2D eigenvalue weighted by Gasteiger charge is 2.37. The molecule has 1 aromatic carbocycles. The van der Waals surface area contributed by atoms with Crippen LogP contribution in [0.2, 0.25) is 0 Å². The maximum Gasteiger partial charge on any atom is 0.258 e. The first-order chi connectivity index (χ1) is 13.5. The first-order valence-electron chi connectivity index (χ1n) is 10.6. The number of nitrogens with two attached hydrogens (primary N) is 1. The number of hydrogen-bond acceptors (Lipinski definition) is 4. The van der Waals surface area contributed by atoms with Gasteiger partial charge in [-0.2, -0.15) is 5.26 Å². The minimum atomic E-state index is -1.06. The Morgan fingerprint density at radius 1 is 1.21 bits per heavy atom. The first kappa shape index (κ1) is 22.1. The minimum Gasteiger partial charge on any atom is -0.317 e. The zero-order valence-electron chi connectivity index (χ0n) is 17.0. The van der Waals surface area contributed by atoms with E-state index in [2.05, 4.69) is 11.4 Å². The molecule has 0 heterocycles. The molecule has 5 heteroatoms. The fraction of sp³-hybridized carbons (Fsp3) is 0.609. The number of unbranched alkanes of at least 4 members (excludes halogenated alkanes) is 2. The fourth-order valence-electron chi connectivity index (χ4n) is 4.20. The summed E-state index contributed by atoms with van der Waals surface area (Å²) in [6.07, 6.45) is 9.52. The number of rotatable bonds is 9. The lowest BCUT2D eigenvalue weighted by Crippen LogP contribution is -2.56. The number of amides is 2. The summed E-state index contributed by atoms with van der Waals surface area (Å²) in [4.78, 5) is 25.8. The normalized spacial score (nSPS) is 16.8. The Bertz CT molecular complexity index is 704. The summed E-state index contributed by atoms with van der Waals surface area (Å²) in [5.41, 5.74) is 6.99. The van der Waals surface area contributed by atoms with Gasteiger partial charge in [0.05, 0.1) is 11.6 Å². The van der Waals surface area contributed by atoms with E-state index in [1.54, 1.807) is 12.1 Å². The zero-order valence-corrected chi connectivity index (χ0v) is 17.0. The topological polar surface area (TPSA) is 96.0 Å². The van der Waals surface area contributed by atoms with Crippen molar-refractivity contribution in [3.05, 3.63) is 35.4 Å². The van der Waals surface area contributed by atoms with Gasteiger partial charge in [-0.15, -0.1) is 0 Å². The van der Waals surface area contributed by atoms with E-state index in [4.69, 9.17) is 11.0 Å². The molecule has 0 aliphatic heterocycles. The van der Waals surface area contributed by atoms with Crippen LogP contribution in [-0.2, 0) is 11.2 Å². The third-order valence-corrected chi connectivity index (χ3v) is 5.86. The van der Waals surface area contributed by atoms with Gasteiger partial charge in [-0.05, 0) is 43.2 Å². The lowest BCUT2D eigenvalue weighted by atomic mass is 9.77. The predicted molar refractivity (Wildman–Crippen MR) is 110 cm³/mol. The SMILES string of the molecule is CCc1ccccc1C(=O)NC(=O)C(N)(CCCCC#N)CC1CCCCC1. The van der Waals surface area contributed by atoms with E-state index >= 15 is 0 Å². The van der Waals surface area contributed by atoms with Crippen molar-refractivity contribution in [2.45, 2.75) is 83.1 Å². The van der Waals surface area contributed by atoms with Crippen LogP contribution in [0.5, 0.6) is 0 Å². The van der Waals surface area contributed by atoms with E-state index in [9.17, 15) is 9.59 Å². The van der Waals surface area contributed by atoms with Gasteiger partial charge in [0.2, 0.25) is 5.91 Å². The molecular formula is C23H33N3O2. The van der Waals surface area contributed by atoms with Crippen LogP contribution in [0.3, 0.4) is 0 Å². The molecule has 0 spiro atoms. The number of aryl methyl sites for hydroxylation is 1. The number of benzene rings is 1. The van der Waals surface area contributed by atoms with Crippen LogP contribution < -0.4 is 11.1 Å². The number of imide groups is 1. The second-order valence-electron chi connectivity index (χ2n) is 8.02. The Labute approximate surface area is 168 Å². The zero-order chi connectivity index (χ0) is 20.4. The molecule has 0 bridgehead atoms. The number of carbonyl (C=O) groups is 2. The molecule has 0 saturated heterocycles. The van der Waals surface area contributed by atoms with Crippen LogP contribution in [0.4, 0.5) is 0 Å². The van der Waals surface area contributed by atoms with E-state index in [0.29, 0.717) is 37.2 Å². The van der Waals surface area contributed by atoms with Crippen molar-refractivity contribution < 1.29 is 9.59 Å². The Kier molecular flexibility index (Phi) is 8.66. The molecule has 1 atom stereocenters. The van der Waals surface area contributed by atoms with Crippen LogP contribution in [-0.4, -0.2) is 17.4 Å². The lowest BCUT2D eigenvalue weighted by Gasteiger charge is -2.33. The van der Waals surface area contributed by atoms with Gasteiger partial charge in [0.1, 0.15) is 0 Å². The third kappa shape index (κ3) is 6.17. The van der Waals surface area contributed by atoms with E-state index in [1.165, 1.54) is 19.3 Å². The fourth-order valence-corrected chi connectivity index (χ4v) is 4.20. The Balaban J connectivity index is 2.10. The van der Waals surface area contributed by atoms with Crippen molar-refractivity contribution in [1.29, 1.82) is 5.26 Å². The highest BCUT2D eigenvalue weighted by atomic mass is 16.2. The van der Waals surface area contributed by atoms with E-state index < -0.39 is 5.54 Å². The van der Waals surface area contributed by atoms with E-state index in [-0.39, 0.29) is 11.8 Å². The summed E-state index contributed by atoms with van der Waals surface area (Å²) >= 11 is 0. The van der Waals surface area contributed by atoms with E-state index in [0.717, 1.165) is 31.2 Å². The molecular weight excluding hydrogens is 350 g/mol. The summed E-state index contributed by atoms with van der Waals surface area (Å²) < 4.78 is 0. The van der Waals surface area contributed by atoms with Crippen LogP contribution in [0.25, 0.3) is 0 Å². The molecule has 2 amide bonds. The minimum absolute atomic E-state index is 0.377. The maximum atomic E-state index is 13.1. The van der Waals surface area contributed by atoms with Gasteiger partial charge in [0.25, 0.3) is 5.91 Å². The number of nitriles is 1. The number of nitrogens with one attached hydrogen (secondary N) is 1. The number of hydrogen-bond donors (Lipinski definition) is 2. The maximum absolute atomic E-state index is 13.1. The van der Waals surface area contributed by atoms with Crippen LogP contribution >= 0.6 is 0 Å². The van der Waals surface area contributed by atoms with Gasteiger partial charge in [-0.1, -0.05) is 63.6 Å². The molecule has 1 unspecified atom stereocenters. The van der Waals surface area contributed by atoms with Crippen molar-refractivity contribution in [1.82, 2.24) is 5.32 Å². The van der Waals surface area contributed by atoms with Gasteiger partial charge >= 0.3 is 0 Å². The van der Waals surface area contributed by atoms with Gasteiger partial charge in [-0.25, -0.2) is 0 Å². The summed E-state index contributed by atoms with van der Waals surface area (Å²) in [5, 5.41) is 11.3. The highest BCUT2D eigenvalue weighted by Crippen LogP contribution is 2.32. The standard InChI is InChI=1S/C23H33N3O2/c1-2-19-13-7-8-14-20(19)21(27)26-22(28)23(25,15-9-4-10-16-24)17-18-11-5-3-6-12-18/h7-8,13-14,18H,2-6,9-12,15,17,25H2,1H3,(H,26,27,28). The van der Waals surface area contributed by atoms with Gasteiger partial charge < -0.3 is 5.73 Å². The van der Waals surface area contributed by atoms with Crippen LogP contribution in [0.1, 0.15) is 87.1 Å². The number of carbonyl (C=O) groups excluding carboxylic acids is 2. The number of nitrogens with zero attached hydrogens (tertiary/aromatic N) is 1. The first-order valence-corrected chi connectivity index (χ1v) is 10.6. The molecule has 3 N–H and O–H groups in total. The summed E-state index contributed by atoms with van der Waals surface area (Å²) in [6.45, 7) is 1.99. The van der Waals surface area contributed by atoms with Crippen LogP contribution in [0.15, 0.2) is 24.3 Å². The molecule has 0 radical (unpaired) electrons. The molecule has 152 valence electrons. The largest absolute Gasteiger partial charge is 0.317 e. The van der Waals surface area contributed by atoms with Crippen LogP contribution in [0, 0.1) is 17.2 Å². The van der Waals surface area contributed by atoms with Crippen molar-refractivity contribution in [2.75, 3.05) is 0 Å². The smallest absolute Gasteiger partial charge is 0.258 e. The van der Waals surface area contributed by atoms with E-state index in [1.807, 2.05) is 19.1 Å². The summed E-state index contributed by atoms with van der Waals surface area (Å²) in [7, 11) is 0. The molecule has 1 aromatic rings. The predicted octanol–water partition coefficient (Wildman–Crippen LogP) is 4.26. The molecule has 28 heavy (non-hydrogen) atoms. The second-order valence-corrected chi connectivity index (χ2v) is 8.02. The Hall–Kier alpha value is -2.19. The molecule has 0 aromatic heterocycles. The third-order valence-electron chi connectivity index (χ3n) is 5.86. The van der Waals surface area contributed by atoms with Crippen molar-refractivity contribution in [3.63, 3.8) is 0 Å². The molecule has 2 rings (SSSR count). The summed E-state index contributed by atoms with van der Waals surface area (Å²) in [6, 6.07) is 9.48. The van der Waals surface area contributed by atoms with Gasteiger partial charge in [-0.3, -0.25) is 14.9 Å². The van der Waals surface area contributed by atoms with Crippen molar-refractivity contribution >= 4 is 11.8 Å². The molecule has 1 fully saturated rings. The van der Waals surface area contributed by atoms with Gasteiger partial charge in [0, 0.05) is 12.0 Å². The molecule has 5 nitrogen and oxygen atoms in total. The second kappa shape index (κ2) is 11.0. The summed E-state index contributed by atoms with van der Waals surface area (Å²) in [5.74, 6) is -0.331. The monoisotopic (exact) mass is 383 g/mol. The Morgan fingerprint density at radius 2 is 1.93 bits per heavy atom. The highest BCUT2D eigenvalue weighted by molar-refractivity contribution is 6.08. The molecule has 1 saturated carbocycles. The van der Waals surface area contributed by atoms with Crippen molar-refractivity contribution in [2.24, 2.45) is 11.7 Å². The lowest BCUT2D eigenvalue weighted by molar-refractivity contribution is -0.126. The molecule has 1 aliphatic rings.